The van der Waals surface area contributed by atoms with Gasteiger partial charge < -0.3 is 87.5 Å². The second-order valence-electron chi connectivity index (χ2n) is 17.5. The molecule has 0 aromatic carbocycles. The summed E-state index contributed by atoms with van der Waals surface area (Å²) in [6.07, 6.45) is -3.15. The summed E-state index contributed by atoms with van der Waals surface area (Å²) < 4.78 is 60.9. The molecule has 5 aliphatic rings. The average Bonchev–Trinajstić information content (AvgIpc) is 3.60. The van der Waals surface area contributed by atoms with Crippen molar-refractivity contribution in [2.45, 2.75) is 174 Å². The highest BCUT2D eigenvalue weighted by molar-refractivity contribution is 7.99. The lowest BCUT2D eigenvalue weighted by Crippen LogP contribution is -2.69. The number of carbonyl (C=O) groups is 1. The minimum atomic E-state index is -4.67. The lowest BCUT2D eigenvalue weighted by atomic mass is 9.83. The van der Waals surface area contributed by atoms with Crippen molar-refractivity contribution in [3.8, 4) is 0 Å². The van der Waals surface area contributed by atoms with Gasteiger partial charge in [-0.3, -0.25) is 18.8 Å². The standard InChI is InChI=1S/C21H41N5O7.C18H33ClN2O5S.H2O4S/c1-4-26-13-7-12(24)16(32-19-11(23)6-5-10(8-22)31-19)14(27)17(13)33-20-15(28)18(25-3)21(2,29)9-30-20;1-5-6-10-7-11(21(3)8-10)17(25)20-12(9(2)19)16-14(23)13(22)15(24)18(26-16)27-4;1-5(2,3)4/h5,11-20,25-29H,4,6-9,22-24H2,1-3H3;9-16,18,22-24H,5-8H2,1-4H3,(H,20,25);(H2,1,2,3,4)/t11?,12-,13+,14-,15+,16+,17-,18+,19?,20+,21-;9-,10+,11-,12+,13-,14+,15+,16+,18+;/m00./s1. The third-order valence-electron chi connectivity index (χ3n) is 12.3. The largest absolute Gasteiger partial charge is 0.467 e. The van der Waals surface area contributed by atoms with Crippen LogP contribution >= 0.6 is 23.4 Å². The van der Waals surface area contributed by atoms with Gasteiger partial charge in [-0.2, -0.15) is 8.42 Å². The van der Waals surface area contributed by atoms with E-state index in [0.717, 1.165) is 25.8 Å². The summed E-state index contributed by atoms with van der Waals surface area (Å²) in [5.74, 6) is 0.922. The molecule has 0 bridgehead atoms. The van der Waals surface area contributed by atoms with Gasteiger partial charge in [0.15, 0.2) is 6.29 Å². The molecule has 5 rings (SSSR count). The fourth-order valence-corrected chi connectivity index (χ4v) is 9.86. The Kier molecular flexibility index (Phi) is 23.4. The summed E-state index contributed by atoms with van der Waals surface area (Å²) >= 11 is 7.55. The molecule has 65 heavy (non-hydrogen) atoms. The summed E-state index contributed by atoms with van der Waals surface area (Å²) in [5.41, 5.74) is 16.2. The van der Waals surface area contributed by atoms with Crippen LogP contribution in [-0.4, -0.2) is 220 Å². The van der Waals surface area contributed by atoms with Gasteiger partial charge in [0.1, 0.15) is 65.6 Å². The maximum absolute atomic E-state index is 12.9. The van der Waals surface area contributed by atoms with Gasteiger partial charge in [-0.15, -0.1) is 23.4 Å². The highest BCUT2D eigenvalue weighted by Gasteiger charge is 2.52. The Morgan fingerprint density at radius 2 is 1.66 bits per heavy atom. The summed E-state index contributed by atoms with van der Waals surface area (Å²) in [4.78, 5) is 14.9. The van der Waals surface area contributed by atoms with Gasteiger partial charge in [0.25, 0.3) is 0 Å². The van der Waals surface area contributed by atoms with Crippen LogP contribution in [-0.2, 0) is 38.9 Å². The topological polar surface area (TPSA) is 377 Å². The molecule has 4 aliphatic heterocycles. The Morgan fingerprint density at radius 3 is 2.22 bits per heavy atom. The van der Waals surface area contributed by atoms with E-state index in [9.17, 15) is 35.4 Å². The van der Waals surface area contributed by atoms with Crippen molar-refractivity contribution in [2.24, 2.45) is 23.1 Å². The van der Waals surface area contributed by atoms with Gasteiger partial charge >= 0.3 is 10.4 Å². The Morgan fingerprint density at radius 1 is 1.03 bits per heavy atom. The first kappa shape index (κ1) is 58.2. The highest BCUT2D eigenvalue weighted by atomic mass is 35.5. The first-order valence-electron chi connectivity index (χ1n) is 21.9. The van der Waals surface area contributed by atoms with Gasteiger partial charge in [0.2, 0.25) is 12.2 Å². The normalized spacial score (nSPS) is 41.1. The molecule has 4 heterocycles. The van der Waals surface area contributed by atoms with Crippen molar-refractivity contribution < 1.29 is 76.6 Å². The molecule has 1 amide bonds. The molecular weight excluding hydrogens is 922 g/mol. The number of aliphatic hydroxyl groups is 6. The van der Waals surface area contributed by atoms with E-state index in [-0.39, 0.29) is 31.1 Å². The molecule has 3 saturated heterocycles. The second kappa shape index (κ2) is 26.2. The number of thioether (sulfide) groups is 1. The predicted octanol–water partition coefficient (Wildman–Crippen LogP) is -3.46. The molecule has 0 aromatic heterocycles. The summed E-state index contributed by atoms with van der Waals surface area (Å²) in [7, 11) is -1.09. The number of halogens is 1. The Balaban J connectivity index is 0.000000318. The van der Waals surface area contributed by atoms with Gasteiger partial charge in [0.05, 0.1) is 42.7 Å². The number of nitrogens with two attached hydrogens (primary N) is 3. The van der Waals surface area contributed by atoms with Crippen molar-refractivity contribution in [2.75, 3.05) is 46.6 Å². The Bertz CT molecular complexity index is 1590. The fourth-order valence-electron chi connectivity index (χ4n) is 8.97. The van der Waals surface area contributed by atoms with Crippen LogP contribution in [0.1, 0.15) is 59.8 Å². The van der Waals surface area contributed by atoms with Crippen LogP contribution in [0.2, 0.25) is 0 Å². The third kappa shape index (κ3) is 16.2. The summed E-state index contributed by atoms with van der Waals surface area (Å²) in [6.45, 7) is 9.04. The zero-order valence-electron chi connectivity index (χ0n) is 38.1. The van der Waals surface area contributed by atoms with Crippen molar-refractivity contribution >= 4 is 39.7 Å². The number of nitrogens with zero attached hydrogens (tertiary/aromatic N) is 1. The monoisotopic (exact) mass is 997 g/mol. The molecule has 23 nitrogen and oxygen atoms in total. The van der Waals surface area contributed by atoms with Crippen LogP contribution in [0.15, 0.2) is 11.8 Å². The van der Waals surface area contributed by atoms with Crippen LogP contribution < -0.4 is 33.2 Å². The molecule has 20 atom stereocenters. The smallest absolute Gasteiger partial charge is 0.394 e. The molecule has 0 spiro atoms. The molecule has 1 aliphatic carbocycles. The second-order valence-corrected chi connectivity index (χ2v) is 20.0. The number of hydrogen-bond acceptors (Lipinski definition) is 21. The third-order valence-corrected chi connectivity index (χ3v) is 13.4. The molecule has 4 fully saturated rings. The lowest BCUT2D eigenvalue weighted by molar-refractivity contribution is -0.304. The van der Waals surface area contributed by atoms with Gasteiger partial charge in [-0.25, -0.2) is 0 Å². The van der Waals surface area contributed by atoms with E-state index in [2.05, 4.69) is 22.9 Å². The Labute approximate surface area is 391 Å². The number of likely N-dealkylation sites (N-methyl/N-ethyl adjacent to an activating group) is 3. The van der Waals surface area contributed by atoms with E-state index >= 15 is 0 Å². The molecule has 17 N–H and O–H groups in total. The number of nitrogens with one attached hydrogen (secondary N) is 3. The first-order chi connectivity index (χ1) is 30.3. The number of alkyl halides is 1. The van der Waals surface area contributed by atoms with E-state index in [0.29, 0.717) is 31.1 Å². The lowest BCUT2D eigenvalue weighted by Gasteiger charge is -2.49. The number of ether oxygens (including phenoxy) is 5. The van der Waals surface area contributed by atoms with Crippen LogP contribution in [0.3, 0.4) is 0 Å². The summed E-state index contributed by atoms with van der Waals surface area (Å²) in [6, 6.07) is -2.88. The molecule has 2 unspecified atom stereocenters. The van der Waals surface area contributed by atoms with E-state index in [1.165, 1.54) is 11.8 Å². The highest BCUT2D eigenvalue weighted by Crippen LogP contribution is 2.34. The molecule has 26 heteroatoms. The zero-order chi connectivity index (χ0) is 49.1. The van der Waals surface area contributed by atoms with Crippen molar-refractivity contribution in [1.29, 1.82) is 0 Å². The van der Waals surface area contributed by atoms with E-state index in [4.69, 9.17) is 70.0 Å². The molecule has 1 saturated carbocycles. The van der Waals surface area contributed by atoms with Crippen LogP contribution in [0.4, 0.5) is 0 Å². The molecule has 0 radical (unpaired) electrons. The van der Waals surface area contributed by atoms with Crippen LogP contribution in [0, 0.1) is 5.92 Å². The number of aliphatic hydroxyl groups excluding tert-OH is 5. The predicted molar refractivity (Wildman–Crippen MR) is 241 cm³/mol. The molecule has 0 aromatic rings. The number of likely N-dealkylation sites (tertiary alicyclic amines) is 1. The summed E-state index contributed by atoms with van der Waals surface area (Å²) in [5, 5.41) is 71.8. The Hall–Kier alpha value is -1.12. The van der Waals surface area contributed by atoms with Crippen LogP contribution in [0.25, 0.3) is 0 Å². The van der Waals surface area contributed by atoms with Gasteiger partial charge in [0, 0.05) is 18.6 Å². The average molecular weight is 999 g/mol. The maximum Gasteiger partial charge on any atom is 0.394 e. The first-order valence-corrected chi connectivity index (χ1v) is 25.0. The van der Waals surface area contributed by atoms with E-state index in [1.807, 2.05) is 24.9 Å². The number of carbonyl (C=O) groups excluding carboxylic acids is 1. The van der Waals surface area contributed by atoms with Crippen molar-refractivity contribution in [3.05, 3.63) is 11.8 Å². The minimum absolute atomic E-state index is 0.0483. The van der Waals surface area contributed by atoms with Crippen molar-refractivity contribution in [1.82, 2.24) is 20.9 Å². The minimum Gasteiger partial charge on any atom is -0.467 e. The quantitative estimate of drug-likeness (QED) is 0.0560. The van der Waals surface area contributed by atoms with Gasteiger partial charge in [-0.1, -0.05) is 20.3 Å². The van der Waals surface area contributed by atoms with Gasteiger partial charge in [-0.05, 0) is 78.4 Å². The SMILES string of the molecule is CCC[C@@H]1C[C@@H](C(=O)N[C@@H]([C@H]2O[C@H](SC)[C@H](O)[C@@H](O)[C@H]2O)[C@H](C)Cl)N(C)C1.CCN[C@@H]1C[C@H](N)[C@@H](OC2OC(CN)=CCC2N)[C@H](O)[C@H]1O[C@H]1OC[C@](C)(O)[C@H](NC)[C@H]1O.O=S(=O)(O)O. The molecule has 382 valence electrons. The fraction of sp³-hybridized carbons (Fsp3) is 0.923. The van der Waals surface area contributed by atoms with E-state index < -0.39 is 112 Å². The number of amides is 1. The van der Waals surface area contributed by atoms with E-state index in [1.54, 1.807) is 27.2 Å². The zero-order valence-corrected chi connectivity index (χ0v) is 40.5. The number of rotatable bonds is 15. The number of hydrogen-bond donors (Lipinski definition) is 14. The maximum atomic E-state index is 12.9. The van der Waals surface area contributed by atoms with Crippen molar-refractivity contribution in [3.63, 3.8) is 0 Å². The van der Waals surface area contributed by atoms with Crippen LogP contribution in [0.5, 0.6) is 0 Å². The molecular formula is C39H76ClN7O16S2.